The van der Waals surface area contributed by atoms with E-state index in [2.05, 4.69) is 15.2 Å². The van der Waals surface area contributed by atoms with E-state index in [1.165, 1.54) is 18.4 Å². The fourth-order valence-corrected chi connectivity index (χ4v) is 2.81. The van der Waals surface area contributed by atoms with Crippen LogP contribution in [-0.2, 0) is 24.0 Å². The van der Waals surface area contributed by atoms with E-state index < -0.39 is 11.7 Å². The lowest BCUT2D eigenvalue weighted by Gasteiger charge is -2.20. The van der Waals surface area contributed by atoms with Gasteiger partial charge in [0.05, 0.1) is 18.7 Å². The van der Waals surface area contributed by atoms with Gasteiger partial charge in [-0.3, -0.25) is 9.69 Å². The Labute approximate surface area is 160 Å². The molecule has 0 unspecified atom stereocenters. The fraction of sp³-hybridized carbons (Fsp3) is 0.474. The van der Waals surface area contributed by atoms with Crippen LogP contribution in [0.25, 0.3) is 0 Å². The Morgan fingerprint density at radius 1 is 1.29 bits per heavy atom. The zero-order valence-electron chi connectivity index (χ0n) is 15.5. The SMILES string of the molecule is COCCNC(=O)c1coc(CN(Cc2ccc(C(F)(F)F)cc2)C2CC2)n1. The van der Waals surface area contributed by atoms with Gasteiger partial charge in [0.2, 0.25) is 5.89 Å². The molecule has 3 rings (SSSR count). The molecular formula is C19H22F3N3O3. The Morgan fingerprint density at radius 2 is 2.00 bits per heavy atom. The highest BCUT2D eigenvalue weighted by atomic mass is 19.4. The quantitative estimate of drug-likeness (QED) is 0.658. The standard InChI is InChI=1S/C19H22F3N3O3/c1-27-9-8-23-18(26)16-12-28-17(24-16)11-25(15-6-7-15)10-13-2-4-14(5-3-13)19(20,21)22/h2-5,12,15H,6-11H2,1H3,(H,23,26). The van der Waals surface area contributed by atoms with Gasteiger partial charge < -0.3 is 14.5 Å². The van der Waals surface area contributed by atoms with Crippen LogP contribution in [0.15, 0.2) is 34.9 Å². The van der Waals surface area contributed by atoms with Crippen LogP contribution in [0.1, 0.15) is 40.3 Å². The third-order valence-corrected chi connectivity index (χ3v) is 4.44. The summed E-state index contributed by atoms with van der Waals surface area (Å²) in [6, 6.07) is 5.50. The molecular weight excluding hydrogens is 375 g/mol. The summed E-state index contributed by atoms with van der Waals surface area (Å²) in [5, 5.41) is 2.67. The summed E-state index contributed by atoms with van der Waals surface area (Å²) in [6.45, 7) is 1.65. The van der Waals surface area contributed by atoms with Crippen molar-refractivity contribution >= 4 is 5.91 Å². The number of rotatable bonds is 9. The third kappa shape index (κ3) is 5.56. The van der Waals surface area contributed by atoms with Crippen LogP contribution < -0.4 is 5.32 Å². The first-order chi connectivity index (χ1) is 13.4. The van der Waals surface area contributed by atoms with Crippen molar-refractivity contribution in [3.05, 3.63) is 53.2 Å². The maximum Gasteiger partial charge on any atom is 0.416 e. The van der Waals surface area contributed by atoms with E-state index in [9.17, 15) is 18.0 Å². The monoisotopic (exact) mass is 397 g/mol. The second-order valence-corrected chi connectivity index (χ2v) is 6.71. The molecule has 1 fully saturated rings. The number of halogens is 3. The summed E-state index contributed by atoms with van der Waals surface area (Å²) in [5.74, 6) is 0.0588. The zero-order valence-corrected chi connectivity index (χ0v) is 15.5. The molecule has 0 radical (unpaired) electrons. The molecule has 1 aromatic carbocycles. The first-order valence-corrected chi connectivity index (χ1v) is 8.98. The number of hydrogen-bond donors (Lipinski definition) is 1. The molecule has 9 heteroatoms. The molecule has 0 spiro atoms. The minimum atomic E-state index is -4.34. The van der Waals surface area contributed by atoms with Gasteiger partial charge in [-0.1, -0.05) is 12.1 Å². The van der Waals surface area contributed by atoms with Gasteiger partial charge in [0.25, 0.3) is 5.91 Å². The lowest BCUT2D eigenvalue weighted by molar-refractivity contribution is -0.137. The lowest BCUT2D eigenvalue weighted by atomic mass is 10.1. The maximum atomic E-state index is 12.7. The van der Waals surface area contributed by atoms with E-state index in [1.807, 2.05) is 0 Å². The summed E-state index contributed by atoms with van der Waals surface area (Å²) in [6.07, 6.45) is -0.995. The van der Waals surface area contributed by atoms with Gasteiger partial charge in [0.1, 0.15) is 6.26 Å². The van der Waals surface area contributed by atoms with E-state index in [4.69, 9.17) is 9.15 Å². The minimum absolute atomic E-state index is 0.191. The minimum Gasteiger partial charge on any atom is -0.447 e. The number of amides is 1. The van der Waals surface area contributed by atoms with Gasteiger partial charge in [0, 0.05) is 26.2 Å². The van der Waals surface area contributed by atoms with Gasteiger partial charge in [-0.15, -0.1) is 0 Å². The Bertz CT molecular complexity index is 786. The topological polar surface area (TPSA) is 67.6 Å². The van der Waals surface area contributed by atoms with Crippen molar-refractivity contribution in [3.8, 4) is 0 Å². The van der Waals surface area contributed by atoms with E-state index >= 15 is 0 Å². The number of ether oxygens (including phenoxy) is 1. The van der Waals surface area contributed by atoms with E-state index in [1.54, 1.807) is 7.11 Å². The van der Waals surface area contributed by atoms with Crippen LogP contribution >= 0.6 is 0 Å². The van der Waals surface area contributed by atoms with E-state index in [0.717, 1.165) is 30.5 Å². The highest BCUT2D eigenvalue weighted by molar-refractivity contribution is 5.91. The molecule has 0 atom stereocenters. The van der Waals surface area contributed by atoms with Gasteiger partial charge in [-0.2, -0.15) is 13.2 Å². The second-order valence-electron chi connectivity index (χ2n) is 6.71. The second kappa shape index (κ2) is 8.74. The number of alkyl halides is 3. The number of methoxy groups -OCH3 is 1. The van der Waals surface area contributed by atoms with Crippen molar-refractivity contribution < 1.29 is 27.1 Å². The van der Waals surface area contributed by atoms with Crippen molar-refractivity contribution in [1.82, 2.24) is 15.2 Å². The number of carbonyl (C=O) groups excluding carboxylic acids is 1. The number of hydrogen-bond acceptors (Lipinski definition) is 5. The number of nitrogens with one attached hydrogen (secondary N) is 1. The van der Waals surface area contributed by atoms with E-state index in [-0.39, 0.29) is 11.6 Å². The highest BCUT2D eigenvalue weighted by Crippen LogP contribution is 2.32. The normalized spacial score (nSPS) is 14.5. The predicted octanol–water partition coefficient (Wildman–Crippen LogP) is 3.23. The Kier molecular flexibility index (Phi) is 6.35. The van der Waals surface area contributed by atoms with Gasteiger partial charge in [0.15, 0.2) is 5.69 Å². The first kappa shape index (κ1) is 20.3. The average molecular weight is 397 g/mol. The number of aromatic nitrogens is 1. The van der Waals surface area contributed by atoms with Crippen LogP contribution in [0.5, 0.6) is 0 Å². The van der Waals surface area contributed by atoms with E-state index in [0.29, 0.717) is 38.2 Å². The van der Waals surface area contributed by atoms with Crippen LogP contribution in [0, 0.1) is 0 Å². The molecule has 0 aliphatic heterocycles. The molecule has 1 saturated carbocycles. The molecule has 28 heavy (non-hydrogen) atoms. The molecule has 152 valence electrons. The summed E-state index contributed by atoms with van der Waals surface area (Å²) in [5.41, 5.74) is 0.311. The van der Waals surface area contributed by atoms with Crippen molar-refractivity contribution in [2.45, 2.75) is 38.1 Å². The zero-order chi connectivity index (χ0) is 20.1. The molecule has 2 aromatic rings. The van der Waals surface area contributed by atoms with Gasteiger partial charge in [-0.25, -0.2) is 4.98 Å². The molecule has 1 aliphatic rings. The molecule has 0 bridgehead atoms. The average Bonchev–Trinajstić information content (AvgIpc) is 3.40. The maximum absolute atomic E-state index is 12.7. The Morgan fingerprint density at radius 3 is 2.61 bits per heavy atom. The van der Waals surface area contributed by atoms with Gasteiger partial charge >= 0.3 is 6.18 Å². The highest BCUT2D eigenvalue weighted by Gasteiger charge is 2.32. The lowest BCUT2D eigenvalue weighted by Crippen LogP contribution is -2.27. The van der Waals surface area contributed by atoms with Crippen LogP contribution in [0.3, 0.4) is 0 Å². The molecule has 6 nitrogen and oxygen atoms in total. The molecule has 0 saturated heterocycles. The summed E-state index contributed by atoms with van der Waals surface area (Å²) in [4.78, 5) is 18.3. The van der Waals surface area contributed by atoms with Gasteiger partial charge in [-0.05, 0) is 30.5 Å². The predicted molar refractivity (Wildman–Crippen MR) is 94.4 cm³/mol. The summed E-state index contributed by atoms with van der Waals surface area (Å²) < 4.78 is 48.4. The summed E-state index contributed by atoms with van der Waals surface area (Å²) in [7, 11) is 1.55. The molecule has 1 heterocycles. The van der Waals surface area contributed by atoms with Crippen LogP contribution in [-0.4, -0.2) is 42.1 Å². The van der Waals surface area contributed by atoms with Crippen molar-refractivity contribution in [2.75, 3.05) is 20.3 Å². The van der Waals surface area contributed by atoms with Crippen molar-refractivity contribution in [3.63, 3.8) is 0 Å². The number of benzene rings is 1. The molecule has 1 N–H and O–H groups in total. The number of oxazole rings is 1. The van der Waals surface area contributed by atoms with Crippen molar-refractivity contribution in [2.24, 2.45) is 0 Å². The van der Waals surface area contributed by atoms with Crippen LogP contribution in [0.2, 0.25) is 0 Å². The largest absolute Gasteiger partial charge is 0.447 e. The number of carbonyl (C=O) groups is 1. The third-order valence-electron chi connectivity index (χ3n) is 4.44. The Balaban J connectivity index is 1.60. The first-order valence-electron chi connectivity index (χ1n) is 8.98. The molecule has 1 aliphatic carbocycles. The molecule has 1 aromatic heterocycles. The Hall–Kier alpha value is -2.39. The van der Waals surface area contributed by atoms with Crippen LogP contribution in [0.4, 0.5) is 13.2 Å². The molecule has 1 amide bonds. The van der Waals surface area contributed by atoms with Crippen molar-refractivity contribution in [1.29, 1.82) is 0 Å². The fourth-order valence-electron chi connectivity index (χ4n) is 2.81. The summed E-state index contributed by atoms with van der Waals surface area (Å²) >= 11 is 0. The number of nitrogens with zero attached hydrogens (tertiary/aromatic N) is 2. The smallest absolute Gasteiger partial charge is 0.416 e.